The van der Waals surface area contributed by atoms with Crippen molar-refractivity contribution < 1.29 is 14.4 Å². The fourth-order valence-corrected chi connectivity index (χ4v) is 6.42. The number of fused-ring (bicyclic) bond motifs is 5. The van der Waals surface area contributed by atoms with Crippen LogP contribution in [0.15, 0.2) is 30.3 Å². The molecule has 0 aromatic heterocycles. The molecule has 0 spiro atoms. The molecule has 4 fully saturated rings. The van der Waals surface area contributed by atoms with Crippen molar-refractivity contribution in [1.29, 1.82) is 0 Å². The maximum Gasteiger partial charge on any atom is 0.243 e. The largest absolute Gasteiger partial charge is 0.352 e. The van der Waals surface area contributed by atoms with Crippen molar-refractivity contribution in [2.24, 2.45) is 23.7 Å². The van der Waals surface area contributed by atoms with Gasteiger partial charge in [-0.1, -0.05) is 49.6 Å². The summed E-state index contributed by atoms with van der Waals surface area (Å²) in [6.07, 6.45) is 8.96. The van der Waals surface area contributed by atoms with E-state index in [1.165, 1.54) is 11.3 Å². The lowest BCUT2D eigenvalue weighted by Gasteiger charge is -2.30. The number of likely N-dealkylation sites (tertiary alicyclic amines) is 1. The Labute approximate surface area is 172 Å². The fraction of sp³-hybridized carbons (Fsp3) is 0.625. The lowest BCUT2D eigenvalue weighted by atomic mass is 9.81. The van der Waals surface area contributed by atoms with Crippen molar-refractivity contribution in [3.8, 4) is 0 Å². The summed E-state index contributed by atoms with van der Waals surface area (Å²) in [6, 6.07) is 9.19. The minimum atomic E-state index is -0.732. The van der Waals surface area contributed by atoms with Crippen molar-refractivity contribution in [3.63, 3.8) is 0 Å². The highest BCUT2D eigenvalue weighted by Gasteiger charge is 2.62. The Morgan fingerprint density at radius 2 is 1.55 bits per heavy atom. The van der Waals surface area contributed by atoms with E-state index in [9.17, 15) is 14.4 Å². The van der Waals surface area contributed by atoms with E-state index < -0.39 is 6.04 Å². The molecule has 1 aliphatic heterocycles. The molecule has 2 bridgehead atoms. The van der Waals surface area contributed by atoms with Gasteiger partial charge in [0.05, 0.1) is 11.8 Å². The number of imide groups is 1. The zero-order valence-electron chi connectivity index (χ0n) is 16.9. The van der Waals surface area contributed by atoms with Crippen LogP contribution in [-0.4, -0.2) is 34.7 Å². The zero-order chi connectivity index (χ0) is 20.0. The second kappa shape index (κ2) is 7.58. The lowest BCUT2D eigenvalue weighted by molar-refractivity contribution is -0.149. The van der Waals surface area contributed by atoms with E-state index in [1.54, 1.807) is 0 Å². The molecule has 0 radical (unpaired) electrons. The smallest absolute Gasteiger partial charge is 0.243 e. The van der Waals surface area contributed by atoms with E-state index in [-0.39, 0.29) is 35.6 Å². The molecule has 5 rings (SSSR count). The highest BCUT2D eigenvalue weighted by molar-refractivity contribution is 6.09. The number of rotatable bonds is 5. The maximum absolute atomic E-state index is 13.3. The van der Waals surface area contributed by atoms with Gasteiger partial charge >= 0.3 is 0 Å². The third kappa shape index (κ3) is 3.28. The van der Waals surface area contributed by atoms with Crippen molar-refractivity contribution in [2.45, 2.75) is 69.9 Å². The van der Waals surface area contributed by atoms with Crippen LogP contribution < -0.4 is 5.32 Å². The SMILES string of the molecule is O=C(NC1CCCCC1)[C@@H](Cc1ccccc1)N1C(=O)[C@H]2[C@@H]3CC[C@H](C3)[C@@H]2C1=O. The topological polar surface area (TPSA) is 66.5 Å². The van der Waals surface area contributed by atoms with Crippen LogP contribution in [0, 0.1) is 23.7 Å². The maximum atomic E-state index is 13.3. The zero-order valence-corrected chi connectivity index (χ0v) is 16.9. The molecule has 29 heavy (non-hydrogen) atoms. The Morgan fingerprint density at radius 1 is 0.931 bits per heavy atom. The second-order valence-corrected chi connectivity index (χ2v) is 9.48. The van der Waals surface area contributed by atoms with E-state index in [0.29, 0.717) is 18.3 Å². The molecule has 1 heterocycles. The van der Waals surface area contributed by atoms with Crippen LogP contribution in [0.3, 0.4) is 0 Å². The summed E-state index contributed by atoms with van der Waals surface area (Å²) in [4.78, 5) is 41.4. The van der Waals surface area contributed by atoms with Gasteiger partial charge in [-0.2, -0.15) is 0 Å². The van der Waals surface area contributed by atoms with Gasteiger partial charge in [0.2, 0.25) is 17.7 Å². The van der Waals surface area contributed by atoms with Crippen molar-refractivity contribution >= 4 is 17.7 Å². The minimum Gasteiger partial charge on any atom is -0.352 e. The van der Waals surface area contributed by atoms with Crippen molar-refractivity contribution in [1.82, 2.24) is 10.2 Å². The predicted molar refractivity (Wildman–Crippen MR) is 109 cm³/mol. The first kappa shape index (κ1) is 18.8. The summed E-state index contributed by atoms with van der Waals surface area (Å²) in [5.74, 6) is -0.0203. The second-order valence-electron chi connectivity index (χ2n) is 9.48. The molecule has 1 N–H and O–H groups in total. The lowest BCUT2D eigenvalue weighted by Crippen LogP contribution is -2.53. The third-order valence-corrected chi connectivity index (χ3v) is 7.80. The first-order valence-corrected chi connectivity index (χ1v) is 11.3. The first-order valence-electron chi connectivity index (χ1n) is 11.3. The average Bonchev–Trinajstić information content (AvgIpc) is 3.42. The van der Waals surface area contributed by atoms with Gasteiger partial charge in [-0.3, -0.25) is 19.3 Å². The van der Waals surface area contributed by atoms with Crippen LogP contribution in [0.25, 0.3) is 0 Å². The molecule has 154 valence electrons. The van der Waals surface area contributed by atoms with Gasteiger partial charge in [0.1, 0.15) is 6.04 Å². The van der Waals surface area contributed by atoms with Crippen LogP contribution >= 0.6 is 0 Å². The highest BCUT2D eigenvalue weighted by atomic mass is 16.2. The van der Waals surface area contributed by atoms with Crippen LogP contribution in [0.5, 0.6) is 0 Å². The Morgan fingerprint density at radius 3 is 2.17 bits per heavy atom. The molecule has 1 saturated heterocycles. The molecule has 0 unspecified atom stereocenters. The normalized spacial score (nSPS) is 32.5. The van der Waals surface area contributed by atoms with E-state index >= 15 is 0 Å². The van der Waals surface area contributed by atoms with Crippen LogP contribution in [0.2, 0.25) is 0 Å². The van der Waals surface area contributed by atoms with Crippen molar-refractivity contribution in [3.05, 3.63) is 35.9 Å². The van der Waals surface area contributed by atoms with E-state index in [0.717, 1.165) is 50.5 Å². The van der Waals surface area contributed by atoms with Gasteiger partial charge in [-0.15, -0.1) is 0 Å². The quantitative estimate of drug-likeness (QED) is 0.781. The molecule has 5 atom stereocenters. The summed E-state index contributed by atoms with van der Waals surface area (Å²) in [5.41, 5.74) is 0.983. The van der Waals surface area contributed by atoms with Crippen LogP contribution in [0.1, 0.15) is 56.9 Å². The van der Waals surface area contributed by atoms with Gasteiger partial charge in [0, 0.05) is 12.5 Å². The van der Waals surface area contributed by atoms with E-state index in [1.807, 2.05) is 30.3 Å². The Bertz CT molecular complexity index is 774. The summed E-state index contributed by atoms with van der Waals surface area (Å²) in [6.45, 7) is 0. The number of nitrogens with zero attached hydrogens (tertiary/aromatic N) is 1. The number of carbonyl (C=O) groups is 3. The molecule has 1 aromatic rings. The summed E-state index contributed by atoms with van der Waals surface area (Å²) < 4.78 is 0. The average molecular weight is 395 g/mol. The Hall–Kier alpha value is -2.17. The number of nitrogens with one attached hydrogen (secondary N) is 1. The van der Waals surface area contributed by atoms with Gasteiger partial charge < -0.3 is 5.32 Å². The number of hydrogen-bond donors (Lipinski definition) is 1. The third-order valence-electron chi connectivity index (χ3n) is 7.80. The predicted octanol–water partition coefficient (Wildman–Crippen LogP) is 3.08. The minimum absolute atomic E-state index is 0.0908. The standard InChI is InChI=1S/C24H30N2O3/c27-22(25-18-9-5-2-6-10-18)19(13-15-7-3-1-4-8-15)26-23(28)20-16-11-12-17(14-16)21(20)24(26)29/h1,3-4,7-8,16-21H,2,5-6,9-14H2,(H,25,27)/t16-,17-,19-,20+,21+/m1/s1. The highest BCUT2D eigenvalue weighted by Crippen LogP contribution is 2.56. The number of amides is 3. The van der Waals surface area contributed by atoms with E-state index in [4.69, 9.17) is 0 Å². The van der Waals surface area contributed by atoms with Crippen LogP contribution in [0.4, 0.5) is 0 Å². The molecule has 5 heteroatoms. The molecule has 1 aromatic carbocycles. The summed E-state index contributed by atoms with van der Waals surface area (Å²) in [7, 11) is 0. The Kier molecular flexibility index (Phi) is 4.92. The number of hydrogen-bond acceptors (Lipinski definition) is 3. The fourth-order valence-electron chi connectivity index (χ4n) is 6.42. The first-order chi connectivity index (χ1) is 14.1. The van der Waals surface area contributed by atoms with Gasteiger partial charge in [-0.05, 0) is 49.5 Å². The molecule has 3 amide bonds. The van der Waals surface area contributed by atoms with Gasteiger partial charge in [0.15, 0.2) is 0 Å². The molecule has 4 aliphatic rings. The Balaban J connectivity index is 1.41. The molecule has 3 saturated carbocycles. The number of benzene rings is 1. The number of carbonyl (C=O) groups excluding carboxylic acids is 3. The molecular formula is C24H30N2O3. The monoisotopic (exact) mass is 394 g/mol. The van der Waals surface area contributed by atoms with Gasteiger partial charge in [-0.25, -0.2) is 0 Å². The van der Waals surface area contributed by atoms with Crippen molar-refractivity contribution in [2.75, 3.05) is 0 Å². The molecule has 5 nitrogen and oxygen atoms in total. The van der Waals surface area contributed by atoms with Crippen LogP contribution in [-0.2, 0) is 20.8 Å². The van der Waals surface area contributed by atoms with Gasteiger partial charge in [0.25, 0.3) is 0 Å². The molecule has 3 aliphatic carbocycles. The summed E-state index contributed by atoms with van der Waals surface area (Å²) >= 11 is 0. The van der Waals surface area contributed by atoms with E-state index in [2.05, 4.69) is 5.32 Å². The summed E-state index contributed by atoms with van der Waals surface area (Å²) in [5, 5.41) is 3.18. The molecular weight excluding hydrogens is 364 g/mol.